The number of esters is 1. The van der Waals surface area contributed by atoms with Gasteiger partial charge in [-0.25, -0.2) is 4.79 Å². The Morgan fingerprint density at radius 3 is 2.12 bits per heavy atom. The molecule has 1 aromatic rings. The summed E-state index contributed by atoms with van der Waals surface area (Å²) in [7, 11) is -0.297. The van der Waals surface area contributed by atoms with Crippen LogP contribution in [0, 0.1) is 0 Å². The molecule has 0 amide bonds. The highest BCUT2D eigenvalue weighted by molar-refractivity contribution is 6.58. The van der Waals surface area contributed by atoms with Gasteiger partial charge in [-0.15, -0.1) is 0 Å². The van der Waals surface area contributed by atoms with Crippen LogP contribution < -0.4 is 5.46 Å². The van der Waals surface area contributed by atoms with Crippen molar-refractivity contribution >= 4 is 18.6 Å². The zero-order valence-corrected chi connectivity index (χ0v) is 11.1. The molecule has 0 aliphatic heterocycles. The Bertz CT molecular complexity index is 313. The molecular weight excluding hydrogens is 219 g/mol. The molecule has 0 saturated heterocycles. The van der Waals surface area contributed by atoms with Crippen molar-refractivity contribution in [2.75, 3.05) is 7.11 Å². The van der Waals surface area contributed by atoms with E-state index in [1.165, 1.54) is 25.3 Å². The Morgan fingerprint density at radius 1 is 1.18 bits per heavy atom. The molecule has 0 aliphatic carbocycles. The van der Waals surface area contributed by atoms with E-state index in [2.05, 4.69) is 4.74 Å². The normalized spacial score (nSPS) is 7.94. The van der Waals surface area contributed by atoms with E-state index in [1.54, 1.807) is 6.07 Å². The molecule has 1 rings (SSSR count). The molecule has 2 N–H and O–H groups in total. The second-order valence-electron chi connectivity index (χ2n) is 2.49. The number of ether oxygens (including phenoxy) is 1. The monoisotopic (exact) mass is 240 g/mol. The fraction of sp³-hybridized carbons (Fsp3) is 0.417. The number of hydrogen-bond acceptors (Lipinski definition) is 4. The lowest BCUT2D eigenvalue weighted by Crippen LogP contribution is -2.30. The average molecular weight is 240 g/mol. The van der Waals surface area contributed by atoms with Crippen molar-refractivity contribution in [3.8, 4) is 0 Å². The molecule has 0 spiro atoms. The van der Waals surface area contributed by atoms with Gasteiger partial charge in [0, 0.05) is 0 Å². The Morgan fingerprint density at radius 2 is 1.71 bits per heavy atom. The van der Waals surface area contributed by atoms with E-state index in [1.807, 2.05) is 27.7 Å². The third-order valence-electron chi connectivity index (χ3n) is 1.61. The maximum Gasteiger partial charge on any atom is 0.488 e. The summed E-state index contributed by atoms with van der Waals surface area (Å²) >= 11 is 0. The quantitative estimate of drug-likeness (QED) is 0.602. The molecule has 0 bridgehead atoms. The standard InChI is InChI=1S/C8H9BO4.2C2H6/c1-13-8(10)6-3-2-4-7(5-6)9(11)12;2*1-2/h2-5,11-12H,1H3;2*1-2H3. The summed E-state index contributed by atoms with van der Waals surface area (Å²) in [6.45, 7) is 8.00. The first-order chi connectivity index (χ1) is 8.15. The SMILES string of the molecule is CC.CC.COC(=O)c1cccc(B(O)O)c1. The molecule has 17 heavy (non-hydrogen) atoms. The zero-order valence-electron chi connectivity index (χ0n) is 11.1. The number of carbonyl (C=O) groups is 1. The second kappa shape index (κ2) is 11.2. The number of methoxy groups -OCH3 is 1. The summed E-state index contributed by atoms with van der Waals surface area (Å²) in [6, 6.07) is 5.98. The van der Waals surface area contributed by atoms with Crippen molar-refractivity contribution in [3.63, 3.8) is 0 Å². The fourth-order valence-corrected chi connectivity index (χ4v) is 0.944. The van der Waals surface area contributed by atoms with Gasteiger partial charge in [-0.1, -0.05) is 39.8 Å². The topological polar surface area (TPSA) is 66.8 Å². The lowest BCUT2D eigenvalue weighted by Gasteiger charge is -2.02. The predicted octanol–water partition coefficient (Wildman–Crippen LogP) is 1.21. The third-order valence-corrected chi connectivity index (χ3v) is 1.61. The predicted molar refractivity (Wildman–Crippen MR) is 70.3 cm³/mol. The van der Waals surface area contributed by atoms with Crippen LogP contribution in [0.3, 0.4) is 0 Å². The summed E-state index contributed by atoms with van der Waals surface area (Å²) in [5.74, 6) is -0.498. The number of rotatable bonds is 2. The summed E-state index contributed by atoms with van der Waals surface area (Å²) in [6.07, 6.45) is 0. The minimum absolute atomic E-state index is 0.267. The number of benzene rings is 1. The number of hydrogen-bond donors (Lipinski definition) is 2. The highest BCUT2D eigenvalue weighted by Gasteiger charge is 2.13. The first-order valence-electron chi connectivity index (χ1n) is 5.69. The first kappa shape index (κ1) is 18.1. The van der Waals surface area contributed by atoms with Crippen molar-refractivity contribution in [3.05, 3.63) is 29.8 Å². The molecule has 0 heterocycles. The molecule has 0 unspecified atom stereocenters. The van der Waals surface area contributed by atoms with Crippen LogP contribution in [0.15, 0.2) is 24.3 Å². The molecule has 5 heteroatoms. The minimum Gasteiger partial charge on any atom is -0.465 e. The van der Waals surface area contributed by atoms with Crippen LogP contribution in [-0.2, 0) is 4.74 Å². The van der Waals surface area contributed by atoms with Gasteiger partial charge in [0.25, 0.3) is 0 Å². The molecule has 1 aromatic carbocycles. The van der Waals surface area contributed by atoms with Crippen LogP contribution in [0.1, 0.15) is 38.1 Å². The van der Waals surface area contributed by atoms with Crippen LogP contribution in [0.2, 0.25) is 0 Å². The van der Waals surface area contributed by atoms with E-state index in [9.17, 15) is 4.79 Å². The molecule has 0 fully saturated rings. The maximum absolute atomic E-state index is 11.0. The number of carbonyl (C=O) groups excluding carboxylic acids is 1. The van der Waals surface area contributed by atoms with Gasteiger partial charge in [-0.2, -0.15) is 0 Å². The van der Waals surface area contributed by atoms with Crippen LogP contribution in [0.4, 0.5) is 0 Å². The van der Waals surface area contributed by atoms with Crippen LogP contribution in [-0.4, -0.2) is 30.2 Å². The molecule has 0 saturated carbocycles. The average Bonchev–Trinajstić information content (AvgIpc) is 2.42. The second-order valence-corrected chi connectivity index (χ2v) is 2.49. The van der Waals surface area contributed by atoms with E-state index in [-0.39, 0.29) is 5.46 Å². The largest absolute Gasteiger partial charge is 0.488 e. The van der Waals surface area contributed by atoms with E-state index >= 15 is 0 Å². The molecule has 0 radical (unpaired) electrons. The van der Waals surface area contributed by atoms with Gasteiger partial charge in [-0.05, 0) is 17.6 Å². The van der Waals surface area contributed by atoms with Crippen molar-refractivity contribution in [2.24, 2.45) is 0 Å². The summed E-state index contributed by atoms with van der Waals surface area (Å²) in [5.41, 5.74) is 0.566. The van der Waals surface area contributed by atoms with Gasteiger partial charge in [0.1, 0.15) is 0 Å². The summed E-state index contributed by atoms with van der Waals surface area (Å²) < 4.78 is 4.47. The van der Waals surface area contributed by atoms with E-state index in [0.717, 1.165) is 0 Å². The lowest BCUT2D eigenvalue weighted by molar-refractivity contribution is 0.0601. The van der Waals surface area contributed by atoms with Crippen molar-refractivity contribution in [2.45, 2.75) is 27.7 Å². The molecule has 4 nitrogen and oxygen atoms in total. The van der Waals surface area contributed by atoms with Crippen LogP contribution in [0.5, 0.6) is 0 Å². The third kappa shape index (κ3) is 6.76. The lowest BCUT2D eigenvalue weighted by atomic mass is 9.80. The maximum atomic E-state index is 11.0. The highest BCUT2D eigenvalue weighted by atomic mass is 16.5. The highest BCUT2D eigenvalue weighted by Crippen LogP contribution is 1.98. The summed E-state index contributed by atoms with van der Waals surface area (Å²) in [4.78, 5) is 11.0. The summed E-state index contributed by atoms with van der Waals surface area (Å²) in [5, 5.41) is 17.6. The van der Waals surface area contributed by atoms with Crippen LogP contribution >= 0.6 is 0 Å². The Kier molecular flexibility index (Phi) is 11.9. The molecule has 0 aliphatic rings. The molecular formula is C12H21BO4. The molecule has 0 aromatic heterocycles. The molecule has 96 valence electrons. The van der Waals surface area contributed by atoms with Crippen molar-refractivity contribution in [1.82, 2.24) is 0 Å². The van der Waals surface area contributed by atoms with E-state index in [0.29, 0.717) is 5.56 Å². The Hall–Kier alpha value is -1.33. The Balaban J connectivity index is 0. The van der Waals surface area contributed by atoms with Crippen molar-refractivity contribution < 1.29 is 19.6 Å². The molecule has 0 atom stereocenters. The minimum atomic E-state index is -1.57. The van der Waals surface area contributed by atoms with Gasteiger partial charge in [0.2, 0.25) is 0 Å². The first-order valence-corrected chi connectivity index (χ1v) is 5.69. The fourth-order valence-electron chi connectivity index (χ4n) is 0.944. The van der Waals surface area contributed by atoms with Gasteiger partial charge >= 0.3 is 13.1 Å². The van der Waals surface area contributed by atoms with E-state index in [4.69, 9.17) is 10.0 Å². The van der Waals surface area contributed by atoms with E-state index < -0.39 is 13.1 Å². The van der Waals surface area contributed by atoms with Crippen molar-refractivity contribution in [1.29, 1.82) is 0 Å². The van der Waals surface area contributed by atoms with Crippen LogP contribution in [0.25, 0.3) is 0 Å². The van der Waals surface area contributed by atoms with Gasteiger partial charge in [0.15, 0.2) is 0 Å². The van der Waals surface area contributed by atoms with Gasteiger partial charge in [-0.3, -0.25) is 0 Å². The Labute approximate surface area is 103 Å². The smallest absolute Gasteiger partial charge is 0.465 e. The zero-order chi connectivity index (χ0) is 13.8. The van der Waals surface area contributed by atoms with Gasteiger partial charge < -0.3 is 14.8 Å². The van der Waals surface area contributed by atoms with Gasteiger partial charge in [0.05, 0.1) is 12.7 Å².